The van der Waals surface area contributed by atoms with E-state index in [1.165, 1.54) is 19.3 Å². The molecule has 2 amide bonds. The van der Waals surface area contributed by atoms with Gasteiger partial charge >= 0.3 is 0 Å². The van der Waals surface area contributed by atoms with Gasteiger partial charge in [0, 0.05) is 33.7 Å². The fourth-order valence-electron chi connectivity index (χ4n) is 5.45. The van der Waals surface area contributed by atoms with Crippen molar-refractivity contribution in [2.24, 2.45) is 5.92 Å². The zero-order valence-electron chi connectivity index (χ0n) is 19.5. The van der Waals surface area contributed by atoms with E-state index < -0.39 is 5.66 Å². The van der Waals surface area contributed by atoms with Crippen molar-refractivity contribution >= 4 is 23.6 Å². The highest BCUT2D eigenvalue weighted by Gasteiger charge is 2.52. The van der Waals surface area contributed by atoms with Crippen molar-refractivity contribution in [1.29, 1.82) is 0 Å². The van der Waals surface area contributed by atoms with Crippen LogP contribution in [0.15, 0.2) is 83.8 Å². The number of carbonyl (C=O) groups excluding carboxylic acids is 2. The maximum atomic E-state index is 13.9. The van der Waals surface area contributed by atoms with E-state index in [0.717, 1.165) is 28.9 Å². The van der Waals surface area contributed by atoms with Crippen molar-refractivity contribution in [1.82, 2.24) is 10.2 Å². The van der Waals surface area contributed by atoms with Crippen LogP contribution in [-0.4, -0.2) is 29.5 Å². The van der Waals surface area contributed by atoms with Crippen molar-refractivity contribution in [3.05, 3.63) is 101 Å². The summed E-state index contributed by atoms with van der Waals surface area (Å²) in [5.74, 6) is 0.238. The van der Waals surface area contributed by atoms with Gasteiger partial charge in [0.1, 0.15) is 0 Å². The van der Waals surface area contributed by atoms with E-state index in [0.29, 0.717) is 23.6 Å². The van der Waals surface area contributed by atoms with E-state index in [-0.39, 0.29) is 11.8 Å². The summed E-state index contributed by atoms with van der Waals surface area (Å²) in [4.78, 5) is 30.6. The normalized spacial score (nSPS) is 20.3. The van der Waals surface area contributed by atoms with Gasteiger partial charge in [-0.2, -0.15) is 0 Å². The number of nitrogens with one attached hydrogen (secondary N) is 1. The quantitative estimate of drug-likeness (QED) is 0.445. The molecule has 4 nitrogen and oxygen atoms in total. The lowest BCUT2D eigenvalue weighted by atomic mass is 9.86. The van der Waals surface area contributed by atoms with Gasteiger partial charge in [-0.3, -0.25) is 9.59 Å². The van der Waals surface area contributed by atoms with E-state index in [1.807, 2.05) is 65.8 Å². The van der Waals surface area contributed by atoms with Gasteiger partial charge in [0.05, 0.1) is 0 Å². The Morgan fingerprint density at radius 2 is 1.62 bits per heavy atom. The summed E-state index contributed by atoms with van der Waals surface area (Å²) in [6, 6.07) is 25.2. The molecule has 174 valence electrons. The first-order valence-electron chi connectivity index (χ1n) is 12.1. The Balaban J connectivity index is 1.66. The smallest absolute Gasteiger partial charge is 0.256 e. The minimum atomic E-state index is -1.05. The molecule has 1 N–H and O–H groups in total. The van der Waals surface area contributed by atoms with E-state index in [1.54, 1.807) is 11.8 Å². The molecule has 1 atom stereocenters. The number of nitrogens with zero attached hydrogens (tertiary/aromatic N) is 1. The highest BCUT2D eigenvalue weighted by Crippen LogP contribution is 2.44. The van der Waals surface area contributed by atoms with Crippen LogP contribution in [0.5, 0.6) is 0 Å². The van der Waals surface area contributed by atoms with Crippen LogP contribution in [0.3, 0.4) is 0 Å². The second-order valence-corrected chi connectivity index (χ2v) is 10.1. The molecule has 0 radical (unpaired) electrons. The summed E-state index contributed by atoms with van der Waals surface area (Å²) in [5, 5.41) is 3.35. The number of thioether (sulfide) groups is 1. The summed E-state index contributed by atoms with van der Waals surface area (Å²) in [5.41, 5.74) is 1.95. The number of hydrogen-bond donors (Lipinski definition) is 1. The van der Waals surface area contributed by atoms with Crippen LogP contribution in [0.1, 0.15) is 63.9 Å². The lowest BCUT2D eigenvalue weighted by molar-refractivity contribution is 0.0445. The van der Waals surface area contributed by atoms with E-state index >= 15 is 0 Å². The Morgan fingerprint density at radius 1 is 0.941 bits per heavy atom. The van der Waals surface area contributed by atoms with E-state index in [2.05, 4.69) is 29.6 Å². The minimum absolute atomic E-state index is 0.0107. The van der Waals surface area contributed by atoms with Gasteiger partial charge in [-0.15, -0.1) is 11.8 Å². The molecule has 1 unspecified atom stereocenters. The van der Waals surface area contributed by atoms with Gasteiger partial charge in [0.2, 0.25) is 0 Å². The molecule has 3 aromatic rings. The molecular formula is C29H30N2O2S. The predicted molar refractivity (Wildman–Crippen MR) is 137 cm³/mol. The third-order valence-corrected chi connectivity index (χ3v) is 7.94. The summed E-state index contributed by atoms with van der Waals surface area (Å²) >= 11 is 1.68. The zero-order chi connectivity index (χ0) is 23.5. The lowest BCUT2D eigenvalue weighted by Crippen LogP contribution is -2.58. The largest absolute Gasteiger partial charge is 0.321 e. The molecule has 0 bridgehead atoms. The lowest BCUT2D eigenvalue weighted by Gasteiger charge is -2.42. The molecule has 3 aromatic carbocycles. The second kappa shape index (κ2) is 9.67. The minimum Gasteiger partial charge on any atom is -0.321 e. The van der Waals surface area contributed by atoms with Gasteiger partial charge in [-0.1, -0.05) is 67.8 Å². The molecular weight excluding hydrogens is 440 g/mol. The topological polar surface area (TPSA) is 49.4 Å². The van der Waals surface area contributed by atoms with Crippen molar-refractivity contribution in [3.8, 4) is 0 Å². The van der Waals surface area contributed by atoms with Crippen LogP contribution >= 0.6 is 11.8 Å². The van der Waals surface area contributed by atoms with Crippen molar-refractivity contribution in [3.63, 3.8) is 0 Å². The maximum Gasteiger partial charge on any atom is 0.256 e. The summed E-state index contributed by atoms with van der Waals surface area (Å²) in [6.07, 6.45) is 7.95. The summed E-state index contributed by atoms with van der Waals surface area (Å²) < 4.78 is 0. The predicted octanol–water partition coefficient (Wildman–Crippen LogP) is 6.08. The molecule has 34 heavy (non-hydrogen) atoms. The summed E-state index contributed by atoms with van der Waals surface area (Å²) in [6.45, 7) is 0.632. The van der Waals surface area contributed by atoms with Gasteiger partial charge < -0.3 is 10.2 Å². The highest BCUT2D eigenvalue weighted by atomic mass is 32.2. The number of hydrogen-bond acceptors (Lipinski definition) is 3. The molecule has 5 heteroatoms. The highest BCUT2D eigenvalue weighted by molar-refractivity contribution is 7.98. The molecule has 2 aliphatic rings. The number of amides is 2. The molecule has 1 aliphatic carbocycles. The van der Waals surface area contributed by atoms with Gasteiger partial charge in [0.25, 0.3) is 11.8 Å². The zero-order valence-corrected chi connectivity index (χ0v) is 20.3. The molecule has 0 saturated heterocycles. The van der Waals surface area contributed by atoms with E-state index in [4.69, 9.17) is 0 Å². The number of carbonyl (C=O) groups is 2. The van der Waals surface area contributed by atoms with Gasteiger partial charge in [-0.25, -0.2) is 0 Å². The van der Waals surface area contributed by atoms with Crippen LogP contribution < -0.4 is 5.32 Å². The molecule has 0 spiro atoms. The maximum absolute atomic E-state index is 13.9. The van der Waals surface area contributed by atoms with Crippen LogP contribution in [0, 0.1) is 5.92 Å². The van der Waals surface area contributed by atoms with Crippen molar-refractivity contribution in [2.45, 2.75) is 42.7 Å². The van der Waals surface area contributed by atoms with Crippen LogP contribution in [0.4, 0.5) is 0 Å². The fraction of sp³-hybridized carbons (Fsp3) is 0.310. The van der Waals surface area contributed by atoms with Gasteiger partial charge in [0.15, 0.2) is 5.66 Å². The number of benzene rings is 3. The molecule has 5 rings (SSSR count). The third kappa shape index (κ3) is 4.03. The Kier molecular flexibility index (Phi) is 6.46. The first-order chi connectivity index (χ1) is 16.6. The average molecular weight is 471 g/mol. The number of fused-ring (bicyclic) bond motifs is 1. The average Bonchev–Trinajstić information content (AvgIpc) is 3.13. The molecule has 1 heterocycles. The molecule has 1 saturated carbocycles. The molecule has 1 aliphatic heterocycles. The van der Waals surface area contributed by atoms with Gasteiger partial charge in [-0.05, 0) is 55.3 Å². The Labute approximate surface area is 205 Å². The second-order valence-electron chi connectivity index (χ2n) is 9.22. The Morgan fingerprint density at radius 3 is 2.32 bits per heavy atom. The Bertz CT molecular complexity index is 1170. The first-order valence-corrected chi connectivity index (χ1v) is 13.3. The van der Waals surface area contributed by atoms with E-state index in [9.17, 15) is 9.59 Å². The first kappa shape index (κ1) is 22.7. The van der Waals surface area contributed by atoms with Crippen molar-refractivity contribution in [2.75, 3.05) is 12.8 Å². The summed E-state index contributed by atoms with van der Waals surface area (Å²) in [7, 11) is 0. The van der Waals surface area contributed by atoms with Crippen LogP contribution in [0.25, 0.3) is 0 Å². The molecule has 0 aromatic heterocycles. The Hall–Kier alpha value is -3.05. The molecule has 1 fully saturated rings. The van der Waals surface area contributed by atoms with Crippen LogP contribution in [0.2, 0.25) is 0 Å². The van der Waals surface area contributed by atoms with Crippen LogP contribution in [-0.2, 0) is 5.66 Å². The SMILES string of the molecule is CSc1ccc(C2(NC(=O)c3ccccc3)c3ccccc3C(=O)N2CC2CCCCC2)cc1. The number of rotatable bonds is 6. The monoisotopic (exact) mass is 470 g/mol. The van der Waals surface area contributed by atoms with Crippen molar-refractivity contribution < 1.29 is 9.59 Å². The standard InChI is InChI=1S/C29H30N2O2S/c1-34-24-18-16-23(17-19-24)29(30-27(32)22-12-6-3-7-13-22)26-15-9-8-14-25(26)28(33)31(29)20-21-10-4-2-5-11-21/h3,6-9,12-19,21H,2,4-5,10-11,20H2,1H3,(H,30,32). The third-order valence-electron chi connectivity index (χ3n) is 7.20. The fourth-order valence-corrected chi connectivity index (χ4v) is 5.86.